The predicted octanol–water partition coefficient (Wildman–Crippen LogP) is 3.68. The van der Waals surface area contributed by atoms with Gasteiger partial charge in [-0.15, -0.1) is 0 Å². The summed E-state index contributed by atoms with van der Waals surface area (Å²) >= 11 is 0. The molecule has 0 bridgehead atoms. The van der Waals surface area contributed by atoms with E-state index in [2.05, 4.69) is 71.9 Å². The van der Waals surface area contributed by atoms with Crippen molar-refractivity contribution in [2.75, 3.05) is 6.54 Å². The number of rotatable bonds is 3. The van der Waals surface area contributed by atoms with E-state index in [1.807, 2.05) is 0 Å². The van der Waals surface area contributed by atoms with E-state index in [1.54, 1.807) is 0 Å². The Morgan fingerprint density at radius 1 is 1.00 bits per heavy atom. The van der Waals surface area contributed by atoms with Crippen molar-refractivity contribution >= 4 is 15.9 Å². The van der Waals surface area contributed by atoms with Gasteiger partial charge in [-0.3, -0.25) is 4.99 Å². The number of hydrogen-bond acceptors (Lipinski definition) is 5. The molecule has 1 saturated heterocycles. The van der Waals surface area contributed by atoms with Crippen molar-refractivity contribution in [1.82, 2.24) is 9.62 Å². The topological polar surface area (TPSA) is 82.0 Å². The Kier molecular flexibility index (Phi) is 5.78. The molecule has 7 heteroatoms. The Balaban J connectivity index is 2.00. The van der Waals surface area contributed by atoms with Gasteiger partial charge in [-0.2, -0.15) is 0 Å². The molecule has 0 radical (unpaired) electrons. The molecule has 2 N–H and O–H groups in total. The van der Waals surface area contributed by atoms with Crippen molar-refractivity contribution in [1.29, 1.82) is 0 Å². The second-order valence-corrected chi connectivity index (χ2v) is 14.5. The molecular formula is C23H41N3O3S. The van der Waals surface area contributed by atoms with Gasteiger partial charge in [-0.05, 0) is 29.2 Å². The first-order valence-corrected chi connectivity index (χ1v) is 12.7. The third-order valence-corrected chi connectivity index (χ3v) is 8.32. The third-order valence-electron chi connectivity index (χ3n) is 6.40. The van der Waals surface area contributed by atoms with Gasteiger partial charge in [0.25, 0.3) is 0 Å². The lowest BCUT2D eigenvalue weighted by atomic mass is 9.70. The van der Waals surface area contributed by atoms with Crippen LogP contribution in [0.4, 0.5) is 0 Å². The van der Waals surface area contributed by atoms with Gasteiger partial charge in [0, 0.05) is 30.1 Å². The van der Waals surface area contributed by atoms with Gasteiger partial charge in [0.05, 0.1) is 17.4 Å². The van der Waals surface area contributed by atoms with Crippen molar-refractivity contribution < 1.29 is 13.5 Å². The fourth-order valence-corrected chi connectivity index (χ4v) is 6.66. The van der Waals surface area contributed by atoms with Crippen molar-refractivity contribution in [2.24, 2.45) is 21.2 Å². The normalized spacial score (nSPS) is 30.9. The first kappa shape index (κ1) is 23.7. The minimum absolute atomic E-state index is 0.0299. The fraction of sp³-hybridized carbons (Fsp3) is 0.870. The molecule has 2 atom stereocenters. The Labute approximate surface area is 183 Å². The van der Waals surface area contributed by atoms with E-state index in [-0.39, 0.29) is 28.3 Å². The zero-order valence-corrected chi connectivity index (χ0v) is 21.0. The molecule has 1 aliphatic carbocycles. The summed E-state index contributed by atoms with van der Waals surface area (Å²) in [5, 5.41) is 9.07. The van der Waals surface area contributed by atoms with Crippen LogP contribution in [0.3, 0.4) is 0 Å². The molecule has 0 spiro atoms. The summed E-state index contributed by atoms with van der Waals surface area (Å²) < 4.78 is 28.6. The second-order valence-electron chi connectivity index (χ2n) is 12.5. The van der Waals surface area contributed by atoms with Crippen molar-refractivity contribution in [3.8, 4) is 0 Å². The zero-order valence-electron chi connectivity index (χ0n) is 20.2. The average molecular weight is 440 g/mol. The molecule has 0 aromatic heterocycles. The van der Waals surface area contributed by atoms with Crippen LogP contribution in [0.25, 0.3) is 0 Å². The van der Waals surface area contributed by atoms with Gasteiger partial charge < -0.3 is 10.0 Å². The monoisotopic (exact) mass is 439 g/mol. The molecule has 1 saturated carbocycles. The number of aliphatic hydroxyl groups excluding tert-OH is 1. The van der Waals surface area contributed by atoms with Crippen LogP contribution in [-0.4, -0.2) is 54.2 Å². The number of aliphatic imine (C=N–C) groups is 1. The lowest BCUT2D eigenvalue weighted by Crippen LogP contribution is -2.50. The number of fused-ring (bicyclic) bond motifs is 1. The highest BCUT2D eigenvalue weighted by Crippen LogP contribution is 2.47. The zero-order chi connectivity index (χ0) is 22.9. The van der Waals surface area contributed by atoms with Gasteiger partial charge in [0.15, 0.2) is 0 Å². The quantitative estimate of drug-likeness (QED) is 0.703. The maximum atomic E-state index is 12.8. The van der Waals surface area contributed by atoms with Gasteiger partial charge in [0.1, 0.15) is 5.84 Å². The molecule has 30 heavy (non-hydrogen) atoms. The summed E-state index contributed by atoms with van der Waals surface area (Å²) in [6, 6.07) is -0.110. The lowest BCUT2D eigenvalue weighted by Gasteiger charge is -2.45. The largest absolute Gasteiger partial charge is 0.393 e. The molecule has 3 rings (SSSR count). The molecule has 2 unspecified atom stereocenters. The number of hydrogen-bond donors (Lipinski definition) is 2. The average Bonchev–Trinajstić information content (AvgIpc) is 2.88. The van der Waals surface area contributed by atoms with Crippen LogP contribution in [0.2, 0.25) is 0 Å². The second kappa shape index (κ2) is 7.31. The summed E-state index contributed by atoms with van der Waals surface area (Å²) in [6.45, 7) is 20.6. The standard InChI is InChI=1S/C23H41N3O3S/c1-21(2,3)18-17-10-14(25-30(28,29)16-11-15(27)12-16)13-26(17)20(23(7,8)9)24-19(18)22(4,5)6/h14-16,19,25,27H,10-13H2,1-9H3. The van der Waals surface area contributed by atoms with Gasteiger partial charge in [-0.25, -0.2) is 13.1 Å². The molecule has 6 nitrogen and oxygen atoms in total. The summed E-state index contributed by atoms with van der Waals surface area (Å²) in [5.41, 5.74) is 2.33. The maximum Gasteiger partial charge on any atom is 0.215 e. The molecule has 172 valence electrons. The molecule has 3 aliphatic rings. The highest BCUT2D eigenvalue weighted by molar-refractivity contribution is 7.90. The van der Waals surface area contributed by atoms with Gasteiger partial charge in [0.2, 0.25) is 10.0 Å². The lowest BCUT2D eigenvalue weighted by molar-refractivity contribution is 0.0972. The van der Waals surface area contributed by atoms with E-state index in [0.29, 0.717) is 25.8 Å². The number of nitrogens with zero attached hydrogens (tertiary/aromatic N) is 2. The van der Waals surface area contributed by atoms with Crippen LogP contribution in [0.15, 0.2) is 16.3 Å². The van der Waals surface area contributed by atoms with E-state index in [9.17, 15) is 13.5 Å². The van der Waals surface area contributed by atoms with Crippen LogP contribution in [-0.2, 0) is 10.0 Å². The Morgan fingerprint density at radius 2 is 1.57 bits per heavy atom. The SMILES string of the molecule is CC(C)(C)C1=NC(C(C)(C)C)C(C(C)(C)C)=C2CC(NS(=O)(=O)C3CC(O)C3)CN12. The smallest absolute Gasteiger partial charge is 0.215 e. The maximum absolute atomic E-state index is 12.8. The number of aliphatic hydroxyl groups is 1. The van der Waals surface area contributed by atoms with E-state index >= 15 is 0 Å². The summed E-state index contributed by atoms with van der Waals surface area (Å²) in [6.07, 6.45) is 0.872. The molecule has 2 aliphatic heterocycles. The molecular weight excluding hydrogens is 398 g/mol. The number of sulfonamides is 1. The minimum Gasteiger partial charge on any atom is -0.393 e. The highest BCUT2D eigenvalue weighted by Gasteiger charge is 2.48. The molecule has 2 heterocycles. The summed E-state index contributed by atoms with van der Waals surface area (Å²) in [4.78, 5) is 7.58. The Hall–Kier alpha value is -0.920. The predicted molar refractivity (Wildman–Crippen MR) is 123 cm³/mol. The number of amidine groups is 1. The van der Waals surface area contributed by atoms with E-state index in [1.165, 1.54) is 11.3 Å². The Morgan fingerprint density at radius 3 is 2.00 bits per heavy atom. The van der Waals surface area contributed by atoms with Crippen LogP contribution in [0.1, 0.15) is 81.6 Å². The van der Waals surface area contributed by atoms with Crippen molar-refractivity contribution in [3.05, 3.63) is 11.3 Å². The fourth-order valence-electron chi connectivity index (χ4n) is 4.89. The molecule has 2 fully saturated rings. The van der Waals surface area contributed by atoms with Crippen LogP contribution >= 0.6 is 0 Å². The highest BCUT2D eigenvalue weighted by atomic mass is 32.2. The van der Waals surface area contributed by atoms with E-state index in [0.717, 1.165) is 5.84 Å². The van der Waals surface area contributed by atoms with Crippen molar-refractivity contribution in [3.63, 3.8) is 0 Å². The molecule has 0 aromatic rings. The summed E-state index contributed by atoms with van der Waals surface area (Å²) in [5.74, 6) is 1.05. The summed E-state index contributed by atoms with van der Waals surface area (Å²) in [7, 11) is -3.43. The van der Waals surface area contributed by atoms with E-state index in [4.69, 9.17) is 4.99 Å². The molecule has 0 aromatic carbocycles. The van der Waals surface area contributed by atoms with E-state index < -0.39 is 21.4 Å². The number of nitrogens with one attached hydrogen (secondary N) is 1. The molecule has 0 amide bonds. The first-order chi connectivity index (χ1) is 13.4. The minimum atomic E-state index is -3.43. The van der Waals surface area contributed by atoms with Gasteiger partial charge >= 0.3 is 0 Å². The van der Waals surface area contributed by atoms with Crippen LogP contribution in [0, 0.1) is 16.2 Å². The van der Waals surface area contributed by atoms with Gasteiger partial charge in [-0.1, -0.05) is 62.3 Å². The van der Waals surface area contributed by atoms with Crippen molar-refractivity contribution in [2.45, 2.75) is 105 Å². The van der Waals surface area contributed by atoms with Crippen LogP contribution in [0.5, 0.6) is 0 Å². The Bertz CT molecular complexity index is 848. The third kappa shape index (κ3) is 4.49. The van der Waals surface area contributed by atoms with Crippen LogP contribution < -0.4 is 4.72 Å². The first-order valence-electron chi connectivity index (χ1n) is 11.2.